The van der Waals surface area contributed by atoms with Gasteiger partial charge in [-0.2, -0.15) is 0 Å². The van der Waals surface area contributed by atoms with E-state index in [-0.39, 0.29) is 5.82 Å². The molecule has 3 amide bonds. The summed E-state index contributed by atoms with van der Waals surface area (Å²) in [6.45, 7) is 0.360. The van der Waals surface area contributed by atoms with Crippen LogP contribution < -0.4 is 10.6 Å². The quantitative estimate of drug-likeness (QED) is 0.886. The summed E-state index contributed by atoms with van der Waals surface area (Å²) in [6.07, 6.45) is 0. The first-order chi connectivity index (χ1) is 11.5. The van der Waals surface area contributed by atoms with E-state index >= 15 is 0 Å². The molecule has 0 saturated heterocycles. The number of nitrogens with one attached hydrogen (secondary N) is 2. The van der Waals surface area contributed by atoms with E-state index in [4.69, 9.17) is 0 Å². The fraction of sp³-hybridized carbons (Fsp3) is 0.222. The number of amides is 3. The molecule has 6 heteroatoms. The van der Waals surface area contributed by atoms with Crippen LogP contribution in [0.4, 0.5) is 9.18 Å². The monoisotopic (exact) mass is 329 g/mol. The Bertz CT molecular complexity index is 706. The van der Waals surface area contributed by atoms with Crippen LogP contribution in [0, 0.1) is 5.82 Å². The first-order valence-corrected chi connectivity index (χ1v) is 7.53. The smallest absolute Gasteiger partial charge is 0.321 e. The second kappa shape index (κ2) is 8.21. The van der Waals surface area contributed by atoms with Crippen molar-refractivity contribution >= 4 is 11.9 Å². The molecule has 0 saturated carbocycles. The van der Waals surface area contributed by atoms with Crippen LogP contribution in [-0.4, -0.2) is 30.9 Å². The summed E-state index contributed by atoms with van der Waals surface area (Å²) in [4.78, 5) is 25.8. The van der Waals surface area contributed by atoms with Crippen molar-refractivity contribution in [2.45, 2.75) is 12.6 Å². The minimum Gasteiger partial charge on any atom is -0.341 e. The molecule has 0 bridgehead atoms. The Morgan fingerprint density at radius 2 is 1.83 bits per heavy atom. The first kappa shape index (κ1) is 17.6. The summed E-state index contributed by atoms with van der Waals surface area (Å²) < 4.78 is 13.4. The predicted octanol–water partition coefficient (Wildman–Crippen LogP) is 2.45. The normalized spacial score (nSPS) is 11.8. The van der Waals surface area contributed by atoms with E-state index in [0.717, 1.165) is 11.1 Å². The van der Waals surface area contributed by atoms with Crippen LogP contribution in [0.15, 0.2) is 54.6 Å². The molecular formula is C18H20FN3O2. The Morgan fingerprint density at radius 1 is 1.12 bits per heavy atom. The molecule has 0 aliphatic heterocycles. The number of nitrogens with zero attached hydrogens (tertiary/aromatic N) is 1. The summed E-state index contributed by atoms with van der Waals surface area (Å²) in [6, 6.07) is 14.1. The zero-order valence-electron chi connectivity index (χ0n) is 13.6. The molecule has 0 fully saturated rings. The van der Waals surface area contributed by atoms with Crippen molar-refractivity contribution in [1.82, 2.24) is 15.5 Å². The number of carbonyl (C=O) groups excluding carboxylic acids is 2. The van der Waals surface area contributed by atoms with E-state index in [9.17, 15) is 14.0 Å². The fourth-order valence-corrected chi connectivity index (χ4v) is 2.50. The lowest BCUT2D eigenvalue weighted by Crippen LogP contribution is -2.44. The Kier molecular flexibility index (Phi) is 6.03. The lowest BCUT2D eigenvalue weighted by atomic mass is 10.0. The number of likely N-dealkylation sites (N-methyl/N-ethyl adjacent to an activating group) is 1. The third kappa shape index (κ3) is 4.63. The lowest BCUT2D eigenvalue weighted by Gasteiger charge is -2.27. The molecule has 126 valence electrons. The van der Waals surface area contributed by atoms with Crippen molar-refractivity contribution in [1.29, 1.82) is 0 Å². The van der Waals surface area contributed by atoms with Gasteiger partial charge in [-0.3, -0.25) is 15.0 Å². The van der Waals surface area contributed by atoms with Crippen LogP contribution in [0.3, 0.4) is 0 Å². The molecule has 1 atom stereocenters. The average Bonchev–Trinajstić information content (AvgIpc) is 2.55. The summed E-state index contributed by atoms with van der Waals surface area (Å²) >= 11 is 0. The van der Waals surface area contributed by atoms with Gasteiger partial charge in [0.1, 0.15) is 11.9 Å². The summed E-state index contributed by atoms with van der Waals surface area (Å²) in [5, 5.41) is 4.66. The molecule has 0 aliphatic carbocycles. The maximum atomic E-state index is 13.4. The van der Waals surface area contributed by atoms with Gasteiger partial charge in [-0.05, 0) is 30.3 Å². The van der Waals surface area contributed by atoms with Gasteiger partial charge in [0.15, 0.2) is 0 Å². The second-order valence-electron chi connectivity index (χ2n) is 5.43. The van der Waals surface area contributed by atoms with E-state index in [1.165, 1.54) is 19.2 Å². The van der Waals surface area contributed by atoms with Crippen molar-refractivity contribution in [3.63, 3.8) is 0 Å². The minimum absolute atomic E-state index is 0.327. The summed E-state index contributed by atoms with van der Waals surface area (Å²) in [5.41, 5.74) is 1.49. The van der Waals surface area contributed by atoms with Gasteiger partial charge in [-0.1, -0.05) is 42.5 Å². The van der Waals surface area contributed by atoms with Gasteiger partial charge in [0.2, 0.25) is 5.91 Å². The zero-order chi connectivity index (χ0) is 17.5. The number of imide groups is 1. The van der Waals surface area contributed by atoms with Crippen molar-refractivity contribution in [2.75, 3.05) is 14.1 Å². The van der Waals surface area contributed by atoms with Gasteiger partial charge in [-0.15, -0.1) is 0 Å². The SMILES string of the molecule is CNC(=O)NC(=O)[C@@H](c1ccccc1)N(C)Cc1cccc(F)c1. The number of benzene rings is 2. The molecule has 0 unspecified atom stereocenters. The first-order valence-electron chi connectivity index (χ1n) is 7.53. The molecule has 5 nitrogen and oxygen atoms in total. The Morgan fingerprint density at radius 3 is 2.46 bits per heavy atom. The van der Waals surface area contributed by atoms with Crippen LogP contribution in [-0.2, 0) is 11.3 Å². The van der Waals surface area contributed by atoms with Gasteiger partial charge in [-0.25, -0.2) is 9.18 Å². The standard InChI is InChI=1S/C18H20FN3O2/c1-20-18(24)21-17(23)16(14-8-4-3-5-9-14)22(2)12-13-7-6-10-15(19)11-13/h3-11,16H,12H2,1-2H3,(H2,20,21,23,24)/t16-/m1/s1. The van der Waals surface area contributed by atoms with Gasteiger partial charge in [0, 0.05) is 13.6 Å². The Balaban J connectivity index is 2.24. The Labute approximate surface area is 140 Å². The minimum atomic E-state index is -0.674. The number of hydrogen-bond donors (Lipinski definition) is 2. The molecule has 0 aromatic heterocycles. The van der Waals surface area contributed by atoms with E-state index in [1.807, 2.05) is 30.3 Å². The molecule has 0 spiro atoms. The Hall–Kier alpha value is -2.73. The van der Waals surface area contributed by atoms with Crippen LogP contribution in [0.2, 0.25) is 0 Å². The third-order valence-electron chi connectivity index (χ3n) is 3.59. The van der Waals surface area contributed by atoms with E-state index in [1.54, 1.807) is 24.1 Å². The molecule has 2 rings (SSSR count). The number of carbonyl (C=O) groups is 2. The van der Waals surface area contributed by atoms with Gasteiger partial charge in [0.25, 0.3) is 0 Å². The number of rotatable bonds is 5. The van der Waals surface area contributed by atoms with Crippen molar-refractivity contribution in [3.05, 3.63) is 71.5 Å². The fourth-order valence-electron chi connectivity index (χ4n) is 2.50. The number of halogens is 1. The lowest BCUT2D eigenvalue weighted by molar-refractivity contribution is -0.125. The van der Waals surface area contributed by atoms with Gasteiger partial charge < -0.3 is 5.32 Å². The summed E-state index contributed by atoms with van der Waals surface area (Å²) in [7, 11) is 3.20. The third-order valence-corrected chi connectivity index (χ3v) is 3.59. The molecule has 2 aromatic carbocycles. The zero-order valence-corrected chi connectivity index (χ0v) is 13.6. The predicted molar refractivity (Wildman–Crippen MR) is 89.6 cm³/mol. The highest BCUT2D eigenvalue weighted by Crippen LogP contribution is 2.22. The molecule has 24 heavy (non-hydrogen) atoms. The van der Waals surface area contributed by atoms with Crippen LogP contribution in [0.5, 0.6) is 0 Å². The molecular weight excluding hydrogens is 309 g/mol. The van der Waals surface area contributed by atoms with Crippen LogP contribution >= 0.6 is 0 Å². The topological polar surface area (TPSA) is 61.4 Å². The van der Waals surface area contributed by atoms with Crippen LogP contribution in [0.1, 0.15) is 17.2 Å². The number of hydrogen-bond acceptors (Lipinski definition) is 3. The largest absolute Gasteiger partial charge is 0.341 e. The molecule has 2 N–H and O–H groups in total. The molecule has 2 aromatic rings. The van der Waals surface area contributed by atoms with Crippen molar-refractivity contribution < 1.29 is 14.0 Å². The van der Waals surface area contributed by atoms with E-state index in [2.05, 4.69) is 10.6 Å². The molecule has 0 radical (unpaired) electrons. The van der Waals surface area contributed by atoms with Crippen molar-refractivity contribution in [2.24, 2.45) is 0 Å². The van der Waals surface area contributed by atoms with Gasteiger partial charge >= 0.3 is 6.03 Å². The number of urea groups is 1. The average molecular weight is 329 g/mol. The van der Waals surface area contributed by atoms with E-state index in [0.29, 0.717) is 6.54 Å². The maximum Gasteiger partial charge on any atom is 0.321 e. The molecule has 0 aliphatic rings. The highest BCUT2D eigenvalue weighted by Gasteiger charge is 2.26. The van der Waals surface area contributed by atoms with Crippen molar-refractivity contribution in [3.8, 4) is 0 Å². The highest BCUT2D eigenvalue weighted by atomic mass is 19.1. The summed E-state index contributed by atoms with van der Waals surface area (Å²) in [5.74, 6) is -0.772. The highest BCUT2D eigenvalue weighted by molar-refractivity contribution is 5.97. The second-order valence-corrected chi connectivity index (χ2v) is 5.43. The van der Waals surface area contributed by atoms with Crippen LogP contribution in [0.25, 0.3) is 0 Å². The van der Waals surface area contributed by atoms with Gasteiger partial charge in [0.05, 0.1) is 0 Å². The van der Waals surface area contributed by atoms with E-state index < -0.39 is 18.0 Å². The maximum absolute atomic E-state index is 13.4. The molecule has 0 heterocycles.